The van der Waals surface area contributed by atoms with Gasteiger partial charge in [-0.1, -0.05) is 25.0 Å². The molecule has 0 saturated heterocycles. The van der Waals surface area contributed by atoms with Crippen LogP contribution in [-0.2, 0) is 26.4 Å². The summed E-state index contributed by atoms with van der Waals surface area (Å²) >= 11 is 0. The van der Waals surface area contributed by atoms with Gasteiger partial charge >= 0.3 is 6.18 Å². The average molecular weight is 530 g/mol. The normalized spacial score (nSPS) is 20.9. The number of halogens is 3. The highest BCUT2D eigenvalue weighted by molar-refractivity contribution is 6.07. The summed E-state index contributed by atoms with van der Waals surface area (Å²) in [6.07, 6.45) is 7.30. The Kier molecular flexibility index (Phi) is 8.21. The number of hydrogen-bond donors (Lipinski definition) is 0. The van der Waals surface area contributed by atoms with Crippen LogP contribution >= 0.6 is 0 Å². The molecular weight excluding hydrogens is 491 g/mol. The fourth-order valence-electron chi connectivity index (χ4n) is 6.22. The summed E-state index contributed by atoms with van der Waals surface area (Å²) in [5.74, 6) is 1.41. The first kappa shape index (κ1) is 26.9. The minimum absolute atomic E-state index is 0.0766. The smallest absolute Gasteiger partial charge is 0.303 e. The Morgan fingerprint density at radius 3 is 2.55 bits per heavy atom. The number of carbonyl (C=O) groups is 1. The van der Waals surface area contributed by atoms with Crippen molar-refractivity contribution < 1.29 is 18.0 Å². The molecule has 1 aliphatic carbocycles. The first-order chi connectivity index (χ1) is 18.2. The van der Waals surface area contributed by atoms with Crippen LogP contribution in [-0.4, -0.2) is 56.1 Å². The molecule has 2 aliphatic rings. The fourth-order valence-corrected chi connectivity index (χ4v) is 6.22. The van der Waals surface area contributed by atoms with Crippen molar-refractivity contribution in [2.45, 2.75) is 76.9 Å². The third kappa shape index (κ3) is 6.84. The Morgan fingerprint density at radius 1 is 1.00 bits per heavy atom. The fraction of sp³-hybridized carbons (Fsp3) is 0.621. The molecule has 1 aliphatic heterocycles. The largest absolute Gasteiger partial charge is 0.389 e. The van der Waals surface area contributed by atoms with Crippen LogP contribution in [0, 0.1) is 11.8 Å². The molecule has 0 bridgehead atoms. The summed E-state index contributed by atoms with van der Waals surface area (Å²) in [7, 11) is 1.89. The lowest BCUT2D eigenvalue weighted by Crippen LogP contribution is -2.30. The lowest BCUT2D eigenvalue weighted by molar-refractivity contribution is -0.136. The summed E-state index contributed by atoms with van der Waals surface area (Å²) < 4.78 is 40.7. The molecule has 5 rings (SSSR count). The third-order valence-corrected chi connectivity index (χ3v) is 8.39. The first-order valence-electron chi connectivity index (χ1n) is 14.0. The number of alkyl halides is 3. The number of carbonyl (C=O) groups excluding carboxylic acids is 1. The van der Waals surface area contributed by atoms with Crippen molar-refractivity contribution in [1.82, 2.24) is 24.5 Å². The molecular formula is C29H38F3N5O. The molecule has 0 atom stereocenters. The van der Waals surface area contributed by atoms with E-state index in [0.29, 0.717) is 24.8 Å². The second-order valence-corrected chi connectivity index (χ2v) is 11.3. The van der Waals surface area contributed by atoms with Crippen molar-refractivity contribution in [2.24, 2.45) is 18.9 Å². The van der Waals surface area contributed by atoms with Gasteiger partial charge < -0.3 is 4.90 Å². The first-order valence-corrected chi connectivity index (χ1v) is 14.0. The number of rotatable bonds is 9. The zero-order valence-corrected chi connectivity index (χ0v) is 22.2. The third-order valence-electron chi connectivity index (χ3n) is 8.39. The molecule has 1 aromatic carbocycles. The molecule has 1 fully saturated rings. The standard InChI is InChI=1S/C29H38F3N5O/c1-35-20-25-24(4-2-5-27(25)33-35)28(38)18-22-8-6-21(7-9-22)10-15-36-16-11-23-19-37(34-26(23)12-17-36)14-3-13-29(30,31)32/h2,4-5,19-22H,3,6-18H2,1H3. The number of Topliss-reactive ketones (excluding diaryl/α,β-unsaturated/α-hetero) is 1. The van der Waals surface area contributed by atoms with E-state index in [4.69, 9.17) is 0 Å². The van der Waals surface area contributed by atoms with Crippen molar-refractivity contribution in [3.8, 4) is 0 Å². The van der Waals surface area contributed by atoms with Crippen LogP contribution in [0.2, 0.25) is 0 Å². The number of fused-ring (bicyclic) bond motifs is 2. The van der Waals surface area contributed by atoms with Gasteiger partial charge in [0, 0.05) is 69.3 Å². The van der Waals surface area contributed by atoms with Gasteiger partial charge in [0.2, 0.25) is 0 Å². The summed E-state index contributed by atoms with van der Waals surface area (Å²) in [5.41, 5.74) is 3.91. The van der Waals surface area contributed by atoms with Crippen molar-refractivity contribution in [3.63, 3.8) is 0 Å². The van der Waals surface area contributed by atoms with E-state index in [-0.39, 0.29) is 12.2 Å². The Hall–Kier alpha value is -2.68. The highest BCUT2D eigenvalue weighted by atomic mass is 19.4. The maximum atomic E-state index is 13.1. The van der Waals surface area contributed by atoms with Crippen LogP contribution < -0.4 is 0 Å². The van der Waals surface area contributed by atoms with Crippen LogP contribution in [0.1, 0.15) is 73.0 Å². The van der Waals surface area contributed by atoms with E-state index in [9.17, 15) is 18.0 Å². The minimum Gasteiger partial charge on any atom is -0.303 e. The molecule has 6 nitrogen and oxygen atoms in total. The van der Waals surface area contributed by atoms with E-state index >= 15 is 0 Å². The number of aromatic nitrogens is 4. The van der Waals surface area contributed by atoms with E-state index < -0.39 is 12.6 Å². The summed E-state index contributed by atoms with van der Waals surface area (Å²) in [4.78, 5) is 15.6. The molecule has 3 aromatic rings. The van der Waals surface area contributed by atoms with Crippen LogP contribution in [0.5, 0.6) is 0 Å². The van der Waals surface area contributed by atoms with Crippen LogP contribution in [0.15, 0.2) is 30.6 Å². The van der Waals surface area contributed by atoms with Gasteiger partial charge in [-0.25, -0.2) is 0 Å². The van der Waals surface area contributed by atoms with E-state index in [0.717, 1.165) is 67.5 Å². The van der Waals surface area contributed by atoms with Gasteiger partial charge in [0.1, 0.15) is 0 Å². The predicted octanol–water partition coefficient (Wildman–Crippen LogP) is 5.98. The monoisotopic (exact) mass is 529 g/mol. The van der Waals surface area contributed by atoms with E-state index in [1.165, 1.54) is 24.8 Å². The van der Waals surface area contributed by atoms with Gasteiger partial charge in [-0.15, -0.1) is 0 Å². The average Bonchev–Trinajstić information content (AvgIpc) is 3.39. The molecule has 0 amide bonds. The molecule has 206 valence electrons. The zero-order chi connectivity index (χ0) is 26.7. The van der Waals surface area contributed by atoms with Crippen LogP contribution in [0.25, 0.3) is 10.9 Å². The number of hydrogen-bond acceptors (Lipinski definition) is 4. The number of nitrogens with zero attached hydrogens (tertiary/aromatic N) is 5. The second kappa shape index (κ2) is 11.6. The molecule has 38 heavy (non-hydrogen) atoms. The highest BCUT2D eigenvalue weighted by Gasteiger charge is 2.27. The van der Waals surface area contributed by atoms with Crippen LogP contribution in [0.3, 0.4) is 0 Å². The van der Waals surface area contributed by atoms with Gasteiger partial charge in [-0.3, -0.25) is 14.2 Å². The SMILES string of the molecule is Cn1cc2c(C(=O)CC3CCC(CCN4CCc5cn(CCCC(F)(F)F)nc5CC4)CC3)cccc2n1. The highest BCUT2D eigenvalue weighted by Crippen LogP contribution is 2.34. The van der Waals surface area contributed by atoms with Crippen molar-refractivity contribution in [3.05, 3.63) is 47.4 Å². The molecule has 0 unspecified atom stereocenters. The Morgan fingerprint density at radius 2 is 1.76 bits per heavy atom. The Balaban J connectivity index is 1.03. The maximum absolute atomic E-state index is 13.1. The molecule has 2 aromatic heterocycles. The van der Waals surface area contributed by atoms with E-state index in [1.807, 2.05) is 37.6 Å². The van der Waals surface area contributed by atoms with Crippen LogP contribution in [0.4, 0.5) is 13.2 Å². The maximum Gasteiger partial charge on any atom is 0.389 e. The number of ketones is 1. The molecule has 0 N–H and O–H groups in total. The molecule has 1 saturated carbocycles. The Bertz CT molecular complexity index is 1210. The zero-order valence-electron chi connectivity index (χ0n) is 22.2. The Labute approximate surface area is 222 Å². The van der Waals surface area contributed by atoms with Crippen molar-refractivity contribution in [1.29, 1.82) is 0 Å². The molecule has 0 spiro atoms. The number of aryl methyl sites for hydroxylation is 2. The van der Waals surface area contributed by atoms with Crippen molar-refractivity contribution in [2.75, 3.05) is 19.6 Å². The van der Waals surface area contributed by atoms with Gasteiger partial charge in [-0.05, 0) is 62.1 Å². The van der Waals surface area contributed by atoms with E-state index in [2.05, 4.69) is 15.1 Å². The summed E-state index contributed by atoms with van der Waals surface area (Å²) in [5, 5.41) is 9.96. The van der Waals surface area contributed by atoms with Crippen molar-refractivity contribution >= 4 is 16.7 Å². The number of benzene rings is 1. The molecule has 9 heteroatoms. The van der Waals surface area contributed by atoms with Gasteiger partial charge in [0.15, 0.2) is 5.78 Å². The molecule has 3 heterocycles. The topological polar surface area (TPSA) is 56.0 Å². The quantitative estimate of drug-likeness (QED) is 0.320. The molecule has 0 radical (unpaired) electrons. The van der Waals surface area contributed by atoms with E-state index in [1.54, 1.807) is 9.36 Å². The minimum atomic E-state index is -4.10. The van der Waals surface area contributed by atoms with Gasteiger partial charge in [-0.2, -0.15) is 23.4 Å². The van der Waals surface area contributed by atoms with Gasteiger partial charge in [0.25, 0.3) is 0 Å². The summed E-state index contributed by atoms with van der Waals surface area (Å²) in [6.45, 7) is 3.33. The lowest BCUT2D eigenvalue weighted by Gasteiger charge is -2.30. The lowest BCUT2D eigenvalue weighted by atomic mass is 9.78. The second-order valence-electron chi connectivity index (χ2n) is 11.3. The predicted molar refractivity (Wildman–Crippen MR) is 141 cm³/mol. The summed E-state index contributed by atoms with van der Waals surface area (Å²) in [6, 6.07) is 5.81. The van der Waals surface area contributed by atoms with Gasteiger partial charge in [0.05, 0.1) is 11.2 Å².